The predicted octanol–water partition coefficient (Wildman–Crippen LogP) is 4.89. The summed E-state index contributed by atoms with van der Waals surface area (Å²) in [6, 6.07) is 20.1. The van der Waals surface area contributed by atoms with Gasteiger partial charge >= 0.3 is 0 Å². The molecule has 0 bridgehead atoms. The second-order valence-corrected chi connectivity index (χ2v) is 8.71. The van der Waals surface area contributed by atoms with Gasteiger partial charge in [-0.15, -0.1) is 0 Å². The van der Waals surface area contributed by atoms with Crippen LogP contribution >= 0.6 is 0 Å². The van der Waals surface area contributed by atoms with E-state index in [0.717, 1.165) is 24.5 Å². The highest BCUT2D eigenvalue weighted by Crippen LogP contribution is 2.48. The molecule has 0 radical (unpaired) electrons. The lowest BCUT2D eigenvalue weighted by Crippen LogP contribution is -2.13. The fraction of sp³-hybridized carbons (Fsp3) is 0.185. The molecule has 1 unspecified atom stereocenters. The van der Waals surface area contributed by atoms with Crippen molar-refractivity contribution in [1.82, 2.24) is 15.3 Å². The minimum Gasteiger partial charge on any atom is -0.457 e. The van der Waals surface area contributed by atoms with Crippen LogP contribution < -0.4 is 15.4 Å². The maximum Gasteiger partial charge on any atom is 0.285 e. The van der Waals surface area contributed by atoms with Crippen LogP contribution in [-0.2, 0) is 0 Å². The van der Waals surface area contributed by atoms with E-state index >= 15 is 0 Å². The second kappa shape index (κ2) is 8.70. The Balaban J connectivity index is 1.26. The molecule has 1 aliphatic carbocycles. The molecule has 2 fully saturated rings. The zero-order valence-corrected chi connectivity index (χ0v) is 18.6. The van der Waals surface area contributed by atoms with Gasteiger partial charge in [0.15, 0.2) is 0 Å². The van der Waals surface area contributed by atoms with Crippen LogP contribution in [0.5, 0.6) is 11.5 Å². The maximum atomic E-state index is 11.8. The smallest absolute Gasteiger partial charge is 0.285 e. The minimum atomic E-state index is -0.398. The number of para-hydroxylation sites is 1. The lowest BCUT2D eigenvalue weighted by Gasteiger charge is -2.10. The van der Waals surface area contributed by atoms with Gasteiger partial charge in [-0.25, -0.2) is 9.97 Å². The first-order chi connectivity index (χ1) is 17.2. The van der Waals surface area contributed by atoms with E-state index in [-0.39, 0.29) is 5.69 Å². The number of fused-ring (bicyclic) bond motifs is 2. The molecule has 2 aliphatic rings. The highest BCUT2D eigenvalue weighted by molar-refractivity contribution is 5.93. The summed E-state index contributed by atoms with van der Waals surface area (Å²) in [6.45, 7) is 1.96. The van der Waals surface area contributed by atoms with Crippen LogP contribution in [0.25, 0.3) is 10.9 Å². The van der Waals surface area contributed by atoms with Crippen molar-refractivity contribution in [2.24, 2.45) is 17.8 Å². The summed E-state index contributed by atoms with van der Waals surface area (Å²) in [5.41, 5.74) is 1.70. The Kier molecular flexibility index (Phi) is 5.24. The highest BCUT2D eigenvalue weighted by atomic mass is 16.6. The lowest BCUT2D eigenvalue weighted by molar-refractivity contribution is -0.385. The number of nitro benzene ring substituents is 1. The van der Waals surface area contributed by atoms with E-state index in [0.29, 0.717) is 45.8 Å². The highest BCUT2D eigenvalue weighted by Gasteiger charge is 2.51. The summed E-state index contributed by atoms with van der Waals surface area (Å²) >= 11 is 0. The van der Waals surface area contributed by atoms with Crippen molar-refractivity contribution in [3.8, 4) is 23.3 Å². The average molecular weight is 463 g/mol. The molecule has 6 rings (SSSR count). The summed E-state index contributed by atoms with van der Waals surface area (Å²) in [4.78, 5) is 20.1. The van der Waals surface area contributed by atoms with E-state index in [1.165, 1.54) is 12.4 Å². The van der Waals surface area contributed by atoms with Gasteiger partial charge in [-0.3, -0.25) is 10.1 Å². The molecule has 3 aromatic carbocycles. The SMILES string of the molecule is O=[N+]([O-])c1cc2c(Nc3ccc(Oc4ccccc4)cc3)ncnc2cc1C#CC1[C@H]2CNC[C@@H]12. The Bertz CT molecular complexity index is 1470. The average Bonchev–Trinajstić information content (AvgIpc) is 3.29. The molecule has 0 amide bonds. The maximum absolute atomic E-state index is 11.8. The van der Waals surface area contributed by atoms with Crippen molar-refractivity contribution in [3.05, 3.63) is 88.7 Å². The van der Waals surface area contributed by atoms with E-state index in [2.05, 4.69) is 32.4 Å². The first kappa shape index (κ1) is 21.1. The van der Waals surface area contributed by atoms with Crippen LogP contribution in [-0.4, -0.2) is 28.0 Å². The van der Waals surface area contributed by atoms with Crippen molar-refractivity contribution < 1.29 is 9.66 Å². The third-order valence-electron chi connectivity index (χ3n) is 6.51. The van der Waals surface area contributed by atoms with Crippen LogP contribution in [0.1, 0.15) is 5.56 Å². The van der Waals surface area contributed by atoms with Gasteiger partial charge in [0.2, 0.25) is 0 Å². The summed E-state index contributed by atoms with van der Waals surface area (Å²) in [5.74, 6) is 9.71. The summed E-state index contributed by atoms with van der Waals surface area (Å²) in [6.07, 6.45) is 1.44. The molecule has 172 valence electrons. The number of hydrogen-bond acceptors (Lipinski definition) is 7. The molecule has 4 aromatic rings. The molecule has 8 heteroatoms. The molecule has 8 nitrogen and oxygen atoms in total. The van der Waals surface area contributed by atoms with Gasteiger partial charge in [-0.05, 0) is 67.4 Å². The molecule has 35 heavy (non-hydrogen) atoms. The van der Waals surface area contributed by atoms with Crippen LogP contribution in [0, 0.1) is 39.7 Å². The summed E-state index contributed by atoms with van der Waals surface area (Å²) in [7, 11) is 0. The fourth-order valence-electron chi connectivity index (χ4n) is 4.60. The third-order valence-corrected chi connectivity index (χ3v) is 6.51. The number of hydrogen-bond donors (Lipinski definition) is 2. The topological polar surface area (TPSA) is 102 Å². The normalized spacial score (nSPS) is 19.9. The number of rotatable bonds is 5. The molecule has 0 spiro atoms. The second-order valence-electron chi connectivity index (χ2n) is 8.71. The standard InChI is InChI=1S/C27H21N5O3/c33-32(34)26-13-22-25(12-17(26)6-11-21-23-14-28-15-24(21)23)29-16-30-27(22)31-18-7-9-20(10-8-18)35-19-4-2-1-3-5-19/h1-5,7-10,12-13,16,21,23-24,28H,14-15H2,(H,29,30,31)/t21?,23-,24+. The number of ether oxygens (including phenoxy) is 1. The van der Waals surface area contributed by atoms with Gasteiger partial charge in [-0.2, -0.15) is 0 Å². The monoisotopic (exact) mass is 463 g/mol. The molecular formula is C27H21N5O3. The molecule has 1 aromatic heterocycles. The number of nitro groups is 1. The quantitative estimate of drug-likeness (QED) is 0.247. The molecular weight excluding hydrogens is 442 g/mol. The van der Waals surface area contributed by atoms with Crippen molar-refractivity contribution in [2.45, 2.75) is 0 Å². The molecule has 1 aliphatic heterocycles. The zero-order valence-electron chi connectivity index (χ0n) is 18.6. The number of aromatic nitrogens is 2. The van der Waals surface area contributed by atoms with E-state index in [4.69, 9.17) is 4.74 Å². The van der Waals surface area contributed by atoms with Gasteiger partial charge in [0.25, 0.3) is 5.69 Å². The van der Waals surface area contributed by atoms with Gasteiger partial charge in [0.1, 0.15) is 29.2 Å². The molecule has 2 N–H and O–H groups in total. The van der Waals surface area contributed by atoms with E-state index in [1.54, 1.807) is 6.07 Å². The summed E-state index contributed by atoms with van der Waals surface area (Å²) < 4.78 is 5.83. The van der Waals surface area contributed by atoms with Crippen molar-refractivity contribution in [2.75, 3.05) is 18.4 Å². The number of nitrogens with zero attached hydrogens (tertiary/aromatic N) is 3. The Hall–Kier alpha value is -4.48. The van der Waals surface area contributed by atoms with Crippen LogP contribution in [0.4, 0.5) is 17.2 Å². The van der Waals surface area contributed by atoms with Crippen molar-refractivity contribution in [1.29, 1.82) is 0 Å². The lowest BCUT2D eigenvalue weighted by atomic mass is 10.1. The zero-order chi connectivity index (χ0) is 23.8. The Labute approximate surface area is 201 Å². The van der Waals surface area contributed by atoms with E-state index < -0.39 is 4.92 Å². The Morgan fingerprint density at radius 1 is 1.00 bits per heavy atom. The van der Waals surface area contributed by atoms with Crippen LogP contribution in [0.2, 0.25) is 0 Å². The minimum absolute atomic E-state index is 0.0432. The number of piperidine rings is 1. The van der Waals surface area contributed by atoms with Crippen LogP contribution in [0.3, 0.4) is 0 Å². The first-order valence-corrected chi connectivity index (χ1v) is 11.4. The Morgan fingerprint density at radius 2 is 1.74 bits per heavy atom. The van der Waals surface area contributed by atoms with E-state index in [9.17, 15) is 10.1 Å². The van der Waals surface area contributed by atoms with Gasteiger partial charge in [0.05, 0.1) is 10.4 Å². The number of nitrogens with one attached hydrogen (secondary N) is 2. The Morgan fingerprint density at radius 3 is 2.49 bits per heavy atom. The number of anilines is 2. The third kappa shape index (κ3) is 4.25. The number of benzene rings is 3. The largest absolute Gasteiger partial charge is 0.457 e. The van der Waals surface area contributed by atoms with Crippen LogP contribution in [0.15, 0.2) is 73.1 Å². The molecule has 1 saturated heterocycles. The van der Waals surface area contributed by atoms with Gasteiger partial charge in [-0.1, -0.05) is 30.0 Å². The van der Waals surface area contributed by atoms with Crippen molar-refractivity contribution in [3.63, 3.8) is 0 Å². The molecule has 3 atom stereocenters. The van der Waals surface area contributed by atoms with E-state index in [1.807, 2.05) is 54.6 Å². The van der Waals surface area contributed by atoms with Gasteiger partial charge < -0.3 is 15.4 Å². The van der Waals surface area contributed by atoms with Crippen molar-refractivity contribution >= 4 is 28.1 Å². The fourth-order valence-corrected chi connectivity index (χ4v) is 4.60. The molecule has 1 saturated carbocycles. The molecule has 2 heterocycles. The van der Waals surface area contributed by atoms with Gasteiger partial charge in [0, 0.05) is 23.1 Å². The summed E-state index contributed by atoms with van der Waals surface area (Å²) in [5, 5.41) is 19.0. The first-order valence-electron chi connectivity index (χ1n) is 11.4. The predicted molar refractivity (Wildman–Crippen MR) is 133 cm³/mol.